The summed E-state index contributed by atoms with van der Waals surface area (Å²) in [5.41, 5.74) is 1.83. The molecule has 0 heterocycles. The van der Waals surface area contributed by atoms with Crippen LogP contribution in [0.1, 0.15) is 89.9 Å². The Morgan fingerprint density at radius 2 is 0.800 bits per heavy atom. The number of rotatable bonds is 4. The highest BCUT2D eigenvalue weighted by atomic mass is 16.2. The Kier molecular flexibility index (Phi) is 3.74. The maximum absolute atomic E-state index is 13.4. The first-order valence-corrected chi connectivity index (χ1v) is 12.8. The van der Waals surface area contributed by atoms with Crippen LogP contribution < -0.4 is 10.6 Å². The van der Waals surface area contributed by atoms with Gasteiger partial charge < -0.3 is 10.6 Å². The third-order valence-electron chi connectivity index (χ3n) is 10.6. The molecule has 0 aromatic heterocycles. The first kappa shape index (κ1) is 18.3. The van der Waals surface area contributed by atoms with E-state index in [9.17, 15) is 9.59 Å². The fourth-order valence-corrected chi connectivity index (χ4v) is 9.97. The van der Waals surface area contributed by atoms with Crippen LogP contribution in [0.5, 0.6) is 0 Å². The molecule has 9 aliphatic carbocycles. The van der Waals surface area contributed by atoms with Crippen molar-refractivity contribution in [1.82, 2.24) is 10.6 Å². The van der Waals surface area contributed by atoms with E-state index in [0.29, 0.717) is 0 Å². The highest BCUT2D eigenvalue weighted by Crippen LogP contribution is 2.61. The standard InChI is InChI=1S/C26H36N2O2/c29-23(25-9-15-3-16(10-25)5-17(4-15)11-25)27-21-1-2-22(21)28-24(30)26-12-18-6-19(13-26)8-20(7-18)14-26/h15-20H,1-14H2,(H,27,29)(H,28,30). The van der Waals surface area contributed by atoms with Crippen LogP contribution in [0.15, 0.2) is 11.4 Å². The summed E-state index contributed by atoms with van der Waals surface area (Å²) in [6, 6.07) is 0. The molecule has 4 heteroatoms. The summed E-state index contributed by atoms with van der Waals surface area (Å²) in [7, 11) is 0. The number of carbonyl (C=O) groups is 2. The molecule has 0 saturated heterocycles. The topological polar surface area (TPSA) is 58.2 Å². The minimum absolute atomic E-state index is 0.105. The van der Waals surface area contributed by atoms with Crippen molar-refractivity contribution in [3.63, 3.8) is 0 Å². The molecule has 0 radical (unpaired) electrons. The summed E-state index contributed by atoms with van der Waals surface area (Å²) in [6.45, 7) is 0. The molecule has 8 saturated carbocycles. The predicted molar refractivity (Wildman–Crippen MR) is 114 cm³/mol. The number of nitrogens with one attached hydrogen (secondary N) is 2. The van der Waals surface area contributed by atoms with Gasteiger partial charge in [0.25, 0.3) is 0 Å². The van der Waals surface area contributed by atoms with Gasteiger partial charge in [-0.15, -0.1) is 0 Å². The Bertz CT molecular complexity index is 701. The molecule has 8 bridgehead atoms. The van der Waals surface area contributed by atoms with Crippen LogP contribution in [0.3, 0.4) is 0 Å². The van der Waals surface area contributed by atoms with E-state index in [4.69, 9.17) is 0 Å². The van der Waals surface area contributed by atoms with E-state index < -0.39 is 0 Å². The second-order valence-electron chi connectivity index (χ2n) is 12.8. The van der Waals surface area contributed by atoms with Crippen LogP contribution in [-0.4, -0.2) is 11.8 Å². The van der Waals surface area contributed by atoms with Crippen molar-refractivity contribution in [2.45, 2.75) is 89.9 Å². The van der Waals surface area contributed by atoms with Gasteiger partial charge in [-0.25, -0.2) is 0 Å². The summed E-state index contributed by atoms with van der Waals surface area (Å²) < 4.78 is 0. The number of allylic oxidation sites excluding steroid dienone is 2. The highest BCUT2D eigenvalue weighted by Gasteiger charge is 2.56. The minimum Gasteiger partial charge on any atom is -0.328 e. The van der Waals surface area contributed by atoms with E-state index in [1.807, 2.05) is 0 Å². The lowest BCUT2D eigenvalue weighted by atomic mass is 9.49. The molecule has 0 atom stereocenters. The molecule has 0 aliphatic heterocycles. The van der Waals surface area contributed by atoms with Crippen molar-refractivity contribution < 1.29 is 9.59 Å². The van der Waals surface area contributed by atoms with Gasteiger partial charge in [-0.3, -0.25) is 9.59 Å². The normalized spacial score (nSPS) is 49.9. The van der Waals surface area contributed by atoms with Crippen LogP contribution in [-0.2, 0) is 9.59 Å². The van der Waals surface area contributed by atoms with E-state index in [1.54, 1.807) is 0 Å². The molecule has 8 fully saturated rings. The zero-order chi connectivity index (χ0) is 20.1. The average molecular weight is 409 g/mol. The van der Waals surface area contributed by atoms with Crippen molar-refractivity contribution in [3.05, 3.63) is 11.4 Å². The van der Waals surface area contributed by atoms with Gasteiger partial charge >= 0.3 is 0 Å². The fraction of sp³-hybridized carbons (Fsp3) is 0.846. The summed E-state index contributed by atoms with van der Waals surface area (Å²) >= 11 is 0. The Morgan fingerprint density at radius 3 is 1.03 bits per heavy atom. The lowest BCUT2D eigenvalue weighted by Gasteiger charge is -2.56. The van der Waals surface area contributed by atoms with Gasteiger partial charge in [0.2, 0.25) is 11.8 Å². The summed E-state index contributed by atoms with van der Waals surface area (Å²) in [6.07, 6.45) is 16.6. The quantitative estimate of drug-likeness (QED) is 0.711. The zero-order valence-corrected chi connectivity index (χ0v) is 18.2. The Morgan fingerprint density at radius 1 is 0.533 bits per heavy atom. The molecule has 0 spiro atoms. The van der Waals surface area contributed by atoms with Crippen LogP contribution in [0.25, 0.3) is 0 Å². The summed E-state index contributed by atoms with van der Waals surface area (Å²) in [4.78, 5) is 26.8. The van der Waals surface area contributed by atoms with Gasteiger partial charge in [0.05, 0.1) is 10.8 Å². The van der Waals surface area contributed by atoms with Crippen molar-refractivity contribution in [2.75, 3.05) is 0 Å². The van der Waals surface area contributed by atoms with Crippen LogP contribution >= 0.6 is 0 Å². The van der Waals surface area contributed by atoms with E-state index in [-0.39, 0.29) is 22.6 Å². The van der Waals surface area contributed by atoms with Gasteiger partial charge in [-0.2, -0.15) is 0 Å². The van der Waals surface area contributed by atoms with Gasteiger partial charge in [-0.05, 0) is 125 Å². The Hall–Kier alpha value is -1.32. The van der Waals surface area contributed by atoms with Crippen LogP contribution in [0, 0.1) is 46.3 Å². The maximum Gasteiger partial charge on any atom is 0.230 e. The van der Waals surface area contributed by atoms with E-state index in [2.05, 4.69) is 10.6 Å². The predicted octanol–water partition coefficient (Wildman–Crippen LogP) is 4.66. The zero-order valence-electron chi connectivity index (χ0n) is 18.2. The first-order valence-electron chi connectivity index (χ1n) is 12.8. The lowest BCUT2D eigenvalue weighted by molar-refractivity contribution is -0.146. The average Bonchev–Trinajstić information content (AvgIpc) is 2.67. The molecule has 2 amide bonds. The molecule has 0 aromatic carbocycles. The van der Waals surface area contributed by atoms with Crippen LogP contribution in [0.2, 0.25) is 0 Å². The first-order chi connectivity index (χ1) is 14.5. The second kappa shape index (κ2) is 6.13. The van der Waals surface area contributed by atoms with Gasteiger partial charge in [-0.1, -0.05) is 0 Å². The Balaban J connectivity index is 1.06. The van der Waals surface area contributed by atoms with Crippen LogP contribution in [0.4, 0.5) is 0 Å². The fourth-order valence-electron chi connectivity index (χ4n) is 9.97. The molecule has 162 valence electrons. The van der Waals surface area contributed by atoms with Crippen molar-refractivity contribution >= 4 is 11.8 Å². The van der Waals surface area contributed by atoms with Crippen molar-refractivity contribution in [2.24, 2.45) is 46.3 Å². The number of carbonyl (C=O) groups excluding carboxylic acids is 2. The molecule has 9 rings (SSSR count). The van der Waals surface area contributed by atoms with Gasteiger partial charge in [0, 0.05) is 11.4 Å². The monoisotopic (exact) mass is 408 g/mol. The smallest absolute Gasteiger partial charge is 0.230 e. The summed E-state index contributed by atoms with van der Waals surface area (Å²) in [5.74, 6) is 5.26. The molecular weight excluding hydrogens is 372 g/mol. The minimum atomic E-state index is -0.105. The highest BCUT2D eigenvalue weighted by molar-refractivity contribution is 5.87. The second-order valence-corrected chi connectivity index (χ2v) is 12.8. The molecular formula is C26H36N2O2. The van der Waals surface area contributed by atoms with E-state index >= 15 is 0 Å². The summed E-state index contributed by atoms with van der Waals surface area (Å²) in [5, 5.41) is 6.66. The van der Waals surface area contributed by atoms with E-state index in [0.717, 1.165) is 98.3 Å². The Labute approximate surface area is 180 Å². The van der Waals surface area contributed by atoms with E-state index in [1.165, 1.54) is 38.5 Å². The largest absolute Gasteiger partial charge is 0.328 e. The number of amides is 2. The van der Waals surface area contributed by atoms with Gasteiger partial charge in [0.15, 0.2) is 0 Å². The molecule has 4 nitrogen and oxygen atoms in total. The SMILES string of the molecule is O=C(NC1=C(NC(=O)C23CC4CC(CC(C4)C2)C3)CC1)C12CC3CC(CC(C3)C1)C2. The van der Waals surface area contributed by atoms with Crippen molar-refractivity contribution in [3.8, 4) is 0 Å². The van der Waals surface area contributed by atoms with Gasteiger partial charge in [0.1, 0.15) is 0 Å². The molecule has 0 aromatic rings. The maximum atomic E-state index is 13.4. The lowest BCUT2D eigenvalue weighted by Crippen LogP contribution is -2.55. The molecule has 9 aliphatic rings. The number of hydrogen-bond acceptors (Lipinski definition) is 2. The number of hydrogen-bond donors (Lipinski definition) is 2. The van der Waals surface area contributed by atoms with Crippen molar-refractivity contribution in [1.29, 1.82) is 0 Å². The molecule has 30 heavy (non-hydrogen) atoms. The third-order valence-corrected chi connectivity index (χ3v) is 10.6. The molecule has 2 N–H and O–H groups in total. The molecule has 0 unspecified atom stereocenters. The third kappa shape index (κ3) is 2.64.